The van der Waals surface area contributed by atoms with Gasteiger partial charge in [-0.15, -0.1) is 0 Å². The predicted octanol–water partition coefficient (Wildman–Crippen LogP) is 2.88. The van der Waals surface area contributed by atoms with Crippen molar-refractivity contribution in [3.05, 3.63) is 29.8 Å². The van der Waals surface area contributed by atoms with Gasteiger partial charge in [0.25, 0.3) is 5.91 Å². The molecule has 5 nitrogen and oxygen atoms in total. The number of rotatable bonds is 8. The molecule has 0 spiro atoms. The second-order valence-electron chi connectivity index (χ2n) is 5.89. The highest BCUT2D eigenvalue weighted by atomic mass is 16.5. The first-order valence-electron chi connectivity index (χ1n) is 7.64. The molecular formula is C17H25NO4. The summed E-state index contributed by atoms with van der Waals surface area (Å²) in [6, 6.07) is 6.12. The summed E-state index contributed by atoms with van der Waals surface area (Å²) in [7, 11) is 0. The van der Waals surface area contributed by atoms with Gasteiger partial charge < -0.3 is 15.2 Å². The molecule has 1 aromatic carbocycles. The molecule has 0 fully saturated rings. The molecule has 0 radical (unpaired) electrons. The summed E-state index contributed by atoms with van der Waals surface area (Å²) < 4.78 is 4.90. The van der Waals surface area contributed by atoms with Crippen molar-refractivity contribution in [1.29, 1.82) is 0 Å². The maximum atomic E-state index is 11.7. The summed E-state index contributed by atoms with van der Waals surface area (Å²) in [5.74, 6) is -0.543. The molecule has 0 aliphatic carbocycles. The number of nitrogens with one attached hydrogen (secondary N) is 1. The van der Waals surface area contributed by atoms with E-state index in [1.165, 1.54) is 12.1 Å². The summed E-state index contributed by atoms with van der Waals surface area (Å²) in [6.07, 6.45) is 3.08. The Bertz CT molecular complexity index is 499. The molecule has 1 amide bonds. The Morgan fingerprint density at radius 2 is 1.86 bits per heavy atom. The Hall–Kier alpha value is -2.04. The van der Waals surface area contributed by atoms with Crippen molar-refractivity contribution in [1.82, 2.24) is 5.32 Å². The van der Waals surface area contributed by atoms with Gasteiger partial charge in [0.15, 0.2) is 6.61 Å². The predicted molar refractivity (Wildman–Crippen MR) is 84.7 cm³/mol. The van der Waals surface area contributed by atoms with E-state index < -0.39 is 5.97 Å². The second-order valence-corrected chi connectivity index (χ2v) is 5.89. The van der Waals surface area contributed by atoms with E-state index in [1.54, 1.807) is 12.1 Å². The minimum absolute atomic E-state index is 0.0510. The van der Waals surface area contributed by atoms with Gasteiger partial charge in [-0.25, -0.2) is 4.79 Å². The van der Waals surface area contributed by atoms with E-state index in [4.69, 9.17) is 4.74 Å². The van der Waals surface area contributed by atoms with Crippen molar-refractivity contribution in [3.8, 4) is 5.75 Å². The zero-order chi connectivity index (χ0) is 16.5. The highest BCUT2D eigenvalue weighted by Crippen LogP contribution is 2.16. The zero-order valence-corrected chi connectivity index (χ0v) is 13.5. The number of carbonyl (C=O) groups excluding carboxylic acids is 2. The molecule has 5 heteroatoms. The summed E-state index contributed by atoms with van der Waals surface area (Å²) in [6.45, 7) is 5.92. The van der Waals surface area contributed by atoms with Crippen molar-refractivity contribution in [2.45, 2.75) is 46.1 Å². The number of benzene rings is 1. The highest BCUT2D eigenvalue weighted by molar-refractivity contribution is 5.93. The number of hydrogen-bond acceptors (Lipinski definition) is 4. The molecular weight excluding hydrogens is 282 g/mol. The van der Waals surface area contributed by atoms with Crippen molar-refractivity contribution < 1.29 is 19.4 Å². The van der Waals surface area contributed by atoms with Crippen LogP contribution in [0.15, 0.2) is 24.3 Å². The number of para-hydroxylation sites is 1. The normalized spacial score (nSPS) is 12.0. The van der Waals surface area contributed by atoms with Crippen molar-refractivity contribution in [2.75, 3.05) is 6.61 Å². The Morgan fingerprint density at radius 3 is 2.50 bits per heavy atom. The van der Waals surface area contributed by atoms with E-state index in [0.29, 0.717) is 5.92 Å². The van der Waals surface area contributed by atoms with Crippen LogP contribution in [-0.2, 0) is 9.53 Å². The van der Waals surface area contributed by atoms with Crippen LogP contribution in [0, 0.1) is 5.92 Å². The maximum absolute atomic E-state index is 11.7. The number of hydrogen-bond donors (Lipinski definition) is 2. The van der Waals surface area contributed by atoms with E-state index >= 15 is 0 Å². The quantitative estimate of drug-likeness (QED) is 0.724. The SMILES string of the molecule is CC(C)CCCC(C)NC(=O)COC(=O)c1ccccc1O. The van der Waals surface area contributed by atoms with Crippen LogP contribution in [0.3, 0.4) is 0 Å². The fourth-order valence-corrected chi connectivity index (χ4v) is 2.08. The number of aromatic hydroxyl groups is 1. The Labute approximate surface area is 131 Å². The summed E-state index contributed by atoms with van der Waals surface area (Å²) in [4.78, 5) is 23.5. The summed E-state index contributed by atoms with van der Waals surface area (Å²) in [5, 5.41) is 12.3. The van der Waals surface area contributed by atoms with Crippen molar-refractivity contribution in [3.63, 3.8) is 0 Å². The third-order valence-corrected chi connectivity index (χ3v) is 3.28. The van der Waals surface area contributed by atoms with Crippen LogP contribution in [0.5, 0.6) is 5.75 Å². The number of phenolic OH excluding ortho intramolecular Hbond substituents is 1. The number of carbonyl (C=O) groups is 2. The summed E-state index contributed by atoms with van der Waals surface area (Å²) in [5.41, 5.74) is 0.0558. The second kappa shape index (κ2) is 9.07. The van der Waals surface area contributed by atoms with Crippen LogP contribution >= 0.6 is 0 Å². The molecule has 1 unspecified atom stereocenters. The molecule has 1 aromatic rings. The molecule has 2 N–H and O–H groups in total. The minimum atomic E-state index is -0.708. The Kier molecular flexibility index (Phi) is 7.43. The molecule has 1 rings (SSSR count). The standard InChI is InChI=1S/C17H25NO4/c1-12(2)7-6-8-13(3)18-16(20)11-22-17(21)14-9-4-5-10-15(14)19/h4-5,9-10,12-13,19H,6-8,11H2,1-3H3,(H,18,20). The van der Waals surface area contributed by atoms with Gasteiger partial charge in [0.2, 0.25) is 0 Å². The average molecular weight is 307 g/mol. The first kappa shape index (κ1) is 18.0. The smallest absolute Gasteiger partial charge is 0.342 e. The molecule has 0 heterocycles. The molecule has 0 aliphatic heterocycles. The number of ether oxygens (including phenoxy) is 1. The van der Waals surface area contributed by atoms with E-state index in [9.17, 15) is 14.7 Å². The third-order valence-electron chi connectivity index (χ3n) is 3.28. The molecule has 22 heavy (non-hydrogen) atoms. The fourth-order valence-electron chi connectivity index (χ4n) is 2.08. The lowest BCUT2D eigenvalue weighted by Gasteiger charge is -2.14. The van der Waals surface area contributed by atoms with Gasteiger partial charge in [0, 0.05) is 6.04 Å². The van der Waals surface area contributed by atoms with Gasteiger partial charge in [0.1, 0.15) is 11.3 Å². The molecule has 0 bridgehead atoms. The van der Waals surface area contributed by atoms with E-state index in [0.717, 1.165) is 19.3 Å². The van der Waals surface area contributed by atoms with Crippen LogP contribution in [0.1, 0.15) is 50.4 Å². The minimum Gasteiger partial charge on any atom is -0.507 e. The maximum Gasteiger partial charge on any atom is 0.342 e. The molecule has 0 saturated carbocycles. The third kappa shape index (κ3) is 6.61. The van der Waals surface area contributed by atoms with Gasteiger partial charge in [-0.1, -0.05) is 38.8 Å². The monoisotopic (exact) mass is 307 g/mol. The summed E-state index contributed by atoms with van der Waals surface area (Å²) >= 11 is 0. The van der Waals surface area contributed by atoms with Crippen LogP contribution in [0.25, 0.3) is 0 Å². The lowest BCUT2D eigenvalue weighted by molar-refractivity contribution is -0.124. The fraction of sp³-hybridized carbons (Fsp3) is 0.529. The van der Waals surface area contributed by atoms with Gasteiger partial charge in [-0.2, -0.15) is 0 Å². The Morgan fingerprint density at radius 1 is 1.18 bits per heavy atom. The lowest BCUT2D eigenvalue weighted by Crippen LogP contribution is -2.35. The molecule has 0 aromatic heterocycles. The highest BCUT2D eigenvalue weighted by Gasteiger charge is 2.14. The molecule has 1 atom stereocenters. The van der Waals surface area contributed by atoms with E-state index in [2.05, 4.69) is 19.2 Å². The Balaban J connectivity index is 2.31. The van der Waals surface area contributed by atoms with Gasteiger partial charge >= 0.3 is 5.97 Å². The number of esters is 1. The van der Waals surface area contributed by atoms with Gasteiger partial charge in [0.05, 0.1) is 0 Å². The lowest BCUT2D eigenvalue weighted by atomic mass is 10.0. The number of amides is 1. The average Bonchev–Trinajstić information content (AvgIpc) is 2.44. The van der Waals surface area contributed by atoms with Crippen LogP contribution < -0.4 is 5.32 Å². The molecule has 122 valence electrons. The van der Waals surface area contributed by atoms with Crippen LogP contribution in [0.2, 0.25) is 0 Å². The van der Waals surface area contributed by atoms with E-state index in [-0.39, 0.29) is 29.9 Å². The van der Waals surface area contributed by atoms with Crippen LogP contribution in [-0.4, -0.2) is 29.6 Å². The van der Waals surface area contributed by atoms with Gasteiger partial charge in [-0.05, 0) is 31.4 Å². The van der Waals surface area contributed by atoms with E-state index in [1.807, 2.05) is 6.92 Å². The van der Waals surface area contributed by atoms with Crippen molar-refractivity contribution >= 4 is 11.9 Å². The number of phenols is 1. The largest absolute Gasteiger partial charge is 0.507 e. The first-order chi connectivity index (χ1) is 10.4. The van der Waals surface area contributed by atoms with Gasteiger partial charge in [-0.3, -0.25) is 4.79 Å². The van der Waals surface area contributed by atoms with Crippen LogP contribution in [0.4, 0.5) is 0 Å². The topological polar surface area (TPSA) is 75.6 Å². The first-order valence-corrected chi connectivity index (χ1v) is 7.64. The molecule has 0 saturated heterocycles. The zero-order valence-electron chi connectivity index (χ0n) is 13.5. The van der Waals surface area contributed by atoms with Crippen molar-refractivity contribution in [2.24, 2.45) is 5.92 Å². The molecule has 0 aliphatic rings.